The first-order chi connectivity index (χ1) is 13.5. The summed E-state index contributed by atoms with van der Waals surface area (Å²) in [5.74, 6) is 0.475. The fourth-order valence-electron chi connectivity index (χ4n) is 4.07. The Hall–Kier alpha value is -2.27. The van der Waals surface area contributed by atoms with Crippen molar-refractivity contribution in [3.05, 3.63) is 69.3 Å². The van der Waals surface area contributed by atoms with Gasteiger partial charge in [-0.15, -0.1) is 0 Å². The van der Waals surface area contributed by atoms with E-state index in [1.54, 1.807) is 0 Å². The number of aromatic amines is 1. The average molecular weight is 441 g/mol. The van der Waals surface area contributed by atoms with E-state index in [1.165, 1.54) is 16.5 Å². The molecule has 2 heterocycles. The zero-order chi connectivity index (χ0) is 19.8. The van der Waals surface area contributed by atoms with Gasteiger partial charge in [0.25, 0.3) is 0 Å². The molecule has 4 rings (SSSR count). The van der Waals surface area contributed by atoms with Crippen LogP contribution in [-0.2, 0) is 11.2 Å². The molecular weight excluding hydrogens is 416 g/mol. The molecule has 0 saturated heterocycles. The van der Waals surface area contributed by atoms with Gasteiger partial charge in [0, 0.05) is 27.6 Å². The number of fused-ring (bicyclic) bond motifs is 3. The number of carbonyl (C=O) groups is 1. The summed E-state index contributed by atoms with van der Waals surface area (Å²) in [6, 6.07) is 14.7. The van der Waals surface area contributed by atoms with Crippen molar-refractivity contribution >= 4 is 32.9 Å². The van der Waals surface area contributed by atoms with Crippen molar-refractivity contribution in [2.45, 2.75) is 39.2 Å². The van der Waals surface area contributed by atoms with Gasteiger partial charge in [0.2, 0.25) is 0 Å². The second-order valence-electron chi connectivity index (χ2n) is 7.57. The van der Waals surface area contributed by atoms with Gasteiger partial charge in [-0.2, -0.15) is 0 Å². The largest absolute Gasteiger partial charge is 0.450 e. The predicted molar refractivity (Wildman–Crippen MR) is 116 cm³/mol. The summed E-state index contributed by atoms with van der Waals surface area (Å²) in [6.45, 7) is 7.24. The highest BCUT2D eigenvalue weighted by Crippen LogP contribution is 2.39. The molecule has 146 valence electrons. The zero-order valence-electron chi connectivity index (χ0n) is 16.5. The summed E-state index contributed by atoms with van der Waals surface area (Å²) in [5, 5.41) is 1.22. The number of H-pyrrole nitrogens is 1. The molecule has 1 aliphatic rings. The molecule has 1 N–H and O–H groups in total. The topological polar surface area (TPSA) is 45.3 Å². The fourth-order valence-corrected chi connectivity index (χ4v) is 4.43. The molecule has 0 spiro atoms. The van der Waals surface area contributed by atoms with Crippen LogP contribution in [-0.4, -0.2) is 29.1 Å². The summed E-state index contributed by atoms with van der Waals surface area (Å²) < 4.78 is 6.43. The summed E-state index contributed by atoms with van der Waals surface area (Å²) >= 11 is 3.58. The van der Waals surface area contributed by atoms with Crippen LogP contribution < -0.4 is 0 Å². The van der Waals surface area contributed by atoms with Gasteiger partial charge in [-0.05, 0) is 54.2 Å². The number of hydrogen-bond acceptors (Lipinski definition) is 2. The molecule has 0 bridgehead atoms. The molecule has 28 heavy (non-hydrogen) atoms. The molecule has 1 atom stereocenters. The molecule has 0 saturated carbocycles. The molecule has 0 aliphatic carbocycles. The molecule has 1 amide bonds. The van der Waals surface area contributed by atoms with Gasteiger partial charge in [0.1, 0.15) is 6.04 Å². The zero-order valence-corrected chi connectivity index (χ0v) is 18.0. The van der Waals surface area contributed by atoms with Crippen LogP contribution in [0.1, 0.15) is 55.1 Å². The Morgan fingerprint density at radius 3 is 2.68 bits per heavy atom. The summed E-state index contributed by atoms with van der Waals surface area (Å²) in [7, 11) is 0. The summed E-state index contributed by atoms with van der Waals surface area (Å²) in [5.41, 5.74) is 5.87. The monoisotopic (exact) mass is 440 g/mol. The number of rotatable bonds is 3. The first kappa shape index (κ1) is 19.1. The van der Waals surface area contributed by atoms with Crippen LogP contribution in [0.5, 0.6) is 0 Å². The van der Waals surface area contributed by atoms with Crippen molar-refractivity contribution in [1.29, 1.82) is 0 Å². The Balaban J connectivity index is 1.84. The third-order valence-corrected chi connectivity index (χ3v) is 6.00. The average Bonchev–Trinajstić information content (AvgIpc) is 3.05. The van der Waals surface area contributed by atoms with Crippen LogP contribution in [0.25, 0.3) is 10.9 Å². The van der Waals surface area contributed by atoms with Crippen molar-refractivity contribution in [2.75, 3.05) is 13.2 Å². The minimum atomic E-state index is -0.258. The van der Waals surface area contributed by atoms with Crippen LogP contribution >= 0.6 is 15.9 Å². The lowest BCUT2D eigenvalue weighted by atomic mass is 9.91. The second-order valence-corrected chi connectivity index (χ2v) is 8.49. The van der Waals surface area contributed by atoms with E-state index < -0.39 is 0 Å². The lowest BCUT2D eigenvalue weighted by Gasteiger charge is -2.35. The molecule has 1 unspecified atom stereocenters. The highest BCUT2D eigenvalue weighted by molar-refractivity contribution is 9.10. The van der Waals surface area contributed by atoms with Crippen molar-refractivity contribution in [3.8, 4) is 0 Å². The molecule has 0 radical (unpaired) electrons. The minimum Gasteiger partial charge on any atom is -0.450 e. The van der Waals surface area contributed by atoms with Crippen LogP contribution in [0.15, 0.2) is 46.9 Å². The van der Waals surface area contributed by atoms with E-state index in [1.807, 2.05) is 17.9 Å². The number of hydrogen-bond donors (Lipinski definition) is 1. The van der Waals surface area contributed by atoms with Crippen LogP contribution in [0.2, 0.25) is 0 Å². The minimum absolute atomic E-state index is 0.171. The highest BCUT2D eigenvalue weighted by atomic mass is 79.9. The number of halogens is 1. The SMILES string of the molecule is CCOC(=O)N1CCc2c([nH]c3ccc(Br)cc23)C1c1ccc(C(C)C)cc1. The van der Waals surface area contributed by atoms with Crippen molar-refractivity contribution in [2.24, 2.45) is 0 Å². The Labute approximate surface area is 174 Å². The molecule has 1 aromatic heterocycles. The number of ether oxygens (including phenoxy) is 1. The number of carbonyl (C=O) groups excluding carboxylic acids is 1. The fraction of sp³-hybridized carbons (Fsp3) is 0.348. The molecule has 4 nitrogen and oxygen atoms in total. The molecule has 1 aliphatic heterocycles. The van der Waals surface area contributed by atoms with Gasteiger partial charge < -0.3 is 9.72 Å². The van der Waals surface area contributed by atoms with E-state index in [9.17, 15) is 4.79 Å². The normalized spacial score (nSPS) is 16.5. The van der Waals surface area contributed by atoms with Crippen molar-refractivity contribution in [3.63, 3.8) is 0 Å². The van der Waals surface area contributed by atoms with Gasteiger partial charge in [-0.1, -0.05) is 54.0 Å². The molecule has 2 aromatic carbocycles. The maximum absolute atomic E-state index is 12.7. The third kappa shape index (κ3) is 3.32. The van der Waals surface area contributed by atoms with E-state index >= 15 is 0 Å². The lowest BCUT2D eigenvalue weighted by Crippen LogP contribution is -2.41. The smallest absolute Gasteiger partial charge is 0.410 e. The van der Waals surface area contributed by atoms with Crippen molar-refractivity contribution < 1.29 is 9.53 Å². The Bertz CT molecular complexity index is 1010. The molecule has 3 aromatic rings. The van der Waals surface area contributed by atoms with E-state index in [2.05, 4.69) is 71.2 Å². The molecule has 0 fully saturated rings. The van der Waals surface area contributed by atoms with Crippen molar-refractivity contribution in [1.82, 2.24) is 9.88 Å². The van der Waals surface area contributed by atoms with Gasteiger partial charge in [-0.3, -0.25) is 4.90 Å². The second kappa shape index (κ2) is 7.63. The van der Waals surface area contributed by atoms with E-state index in [4.69, 9.17) is 4.74 Å². The van der Waals surface area contributed by atoms with Crippen LogP contribution in [0.4, 0.5) is 4.79 Å². The van der Waals surface area contributed by atoms with E-state index in [0.29, 0.717) is 19.1 Å². The molecule has 5 heteroatoms. The highest BCUT2D eigenvalue weighted by Gasteiger charge is 2.35. The summed E-state index contributed by atoms with van der Waals surface area (Å²) in [6.07, 6.45) is 0.552. The van der Waals surface area contributed by atoms with Gasteiger partial charge in [-0.25, -0.2) is 4.79 Å². The lowest BCUT2D eigenvalue weighted by molar-refractivity contribution is 0.0932. The van der Waals surface area contributed by atoms with Gasteiger partial charge >= 0.3 is 6.09 Å². The maximum Gasteiger partial charge on any atom is 0.410 e. The van der Waals surface area contributed by atoms with E-state index in [0.717, 1.165) is 27.7 Å². The Morgan fingerprint density at radius 2 is 2.00 bits per heavy atom. The summed E-state index contributed by atoms with van der Waals surface area (Å²) in [4.78, 5) is 18.2. The number of aromatic nitrogens is 1. The maximum atomic E-state index is 12.7. The molecular formula is C23H25BrN2O2. The standard InChI is InChI=1S/C23H25BrN2O2/c1-4-28-23(27)26-12-11-18-19-13-17(24)9-10-20(19)25-21(18)22(26)16-7-5-15(6-8-16)14(2)3/h5-10,13-14,22,25H,4,11-12H2,1-3H3. The first-order valence-electron chi connectivity index (χ1n) is 9.82. The number of nitrogens with one attached hydrogen (secondary N) is 1. The number of nitrogens with zero attached hydrogens (tertiary/aromatic N) is 1. The number of benzene rings is 2. The van der Waals surface area contributed by atoms with Crippen LogP contribution in [0.3, 0.4) is 0 Å². The number of amides is 1. The quantitative estimate of drug-likeness (QED) is 0.529. The van der Waals surface area contributed by atoms with Gasteiger partial charge in [0.15, 0.2) is 0 Å². The van der Waals surface area contributed by atoms with Crippen LogP contribution in [0, 0.1) is 0 Å². The first-order valence-corrected chi connectivity index (χ1v) is 10.6. The third-order valence-electron chi connectivity index (χ3n) is 5.51. The van der Waals surface area contributed by atoms with E-state index in [-0.39, 0.29) is 12.1 Å². The predicted octanol–water partition coefficient (Wildman–Crippen LogP) is 6.16. The van der Waals surface area contributed by atoms with Gasteiger partial charge in [0.05, 0.1) is 6.61 Å². The Kier molecular flexibility index (Phi) is 5.19. The Morgan fingerprint density at radius 1 is 1.25 bits per heavy atom.